The lowest BCUT2D eigenvalue weighted by Crippen LogP contribution is -2.41. The van der Waals surface area contributed by atoms with Crippen molar-refractivity contribution in [1.29, 1.82) is 0 Å². The molecule has 9 heteroatoms. The molecule has 2 aromatic heterocycles. The van der Waals surface area contributed by atoms with Gasteiger partial charge in [0, 0.05) is 25.7 Å². The monoisotopic (exact) mass is 382 g/mol. The lowest BCUT2D eigenvalue weighted by molar-refractivity contribution is -0.146. The SMILES string of the molecule is FC(F)(F)c1nnc2ccc(NC3CCN(CC4CCCCC4)CC3)nn12. The van der Waals surface area contributed by atoms with E-state index in [1.165, 1.54) is 44.7 Å². The van der Waals surface area contributed by atoms with E-state index in [0.717, 1.165) is 36.4 Å². The van der Waals surface area contributed by atoms with E-state index in [4.69, 9.17) is 0 Å². The van der Waals surface area contributed by atoms with Gasteiger partial charge in [-0.15, -0.1) is 15.3 Å². The summed E-state index contributed by atoms with van der Waals surface area (Å²) in [5.41, 5.74) is 0.0928. The van der Waals surface area contributed by atoms with Gasteiger partial charge in [0.05, 0.1) is 0 Å². The van der Waals surface area contributed by atoms with Gasteiger partial charge in [0.1, 0.15) is 5.82 Å². The topological polar surface area (TPSA) is 58.4 Å². The van der Waals surface area contributed by atoms with Crippen molar-refractivity contribution >= 4 is 11.5 Å². The third-order valence-corrected chi connectivity index (χ3v) is 5.70. The molecule has 1 saturated carbocycles. The van der Waals surface area contributed by atoms with Crippen LogP contribution in [0.3, 0.4) is 0 Å². The van der Waals surface area contributed by atoms with Gasteiger partial charge in [0.15, 0.2) is 5.65 Å². The van der Waals surface area contributed by atoms with Crippen molar-refractivity contribution < 1.29 is 13.2 Å². The number of halogens is 3. The summed E-state index contributed by atoms with van der Waals surface area (Å²) >= 11 is 0. The number of anilines is 1. The Morgan fingerprint density at radius 1 is 1.00 bits per heavy atom. The highest BCUT2D eigenvalue weighted by Crippen LogP contribution is 2.28. The van der Waals surface area contributed by atoms with E-state index >= 15 is 0 Å². The van der Waals surface area contributed by atoms with Crippen LogP contribution >= 0.6 is 0 Å². The van der Waals surface area contributed by atoms with E-state index in [2.05, 4.69) is 25.5 Å². The second kappa shape index (κ2) is 7.61. The normalized spacial score (nSPS) is 21.0. The van der Waals surface area contributed by atoms with Crippen LogP contribution in [0, 0.1) is 5.92 Å². The van der Waals surface area contributed by atoms with Crippen molar-refractivity contribution in [1.82, 2.24) is 24.7 Å². The molecule has 6 nitrogen and oxygen atoms in total. The first-order chi connectivity index (χ1) is 13.0. The summed E-state index contributed by atoms with van der Waals surface area (Å²) in [6.07, 6.45) is 4.17. The minimum absolute atomic E-state index is 0.0928. The van der Waals surface area contributed by atoms with Crippen molar-refractivity contribution in [3.63, 3.8) is 0 Å². The van der Waals surface area contributed by atoms with Gasteiger partial charge < -0.3 is 10.2 Å². The van der Waals surface area contributed by atoms with Crippen molar-refractivity contribution in [2.45, 2.75) is 57.2 Å². The fourth-order valence-electron chi connectivity index (χ4n) is 4.25. The number of likely N-dealkylation sites (tertiary alicyclic amines) is 1. The van der Waals surface area contributed by atoms with Crippen LogP contribution in [0.4, 0.5) is 19.0 Å². The summed E-state index contributed by atoms with van der Waals surface area (Å²) in [6.45, 7) is 3.24. The molecule has 1 aliphatic heterocycles. The number of fused-ring (bicyclic) bond motifs is 1. The molecule has 0 amide bonds. The molecule has 2 fully saturated rings. The third-order valence-electron chi connectivity index (χ3n) is 5.70. The zero-order valence-electron chi connectivity index (χ0n) is 15.3. The number of rotatable bonds is 4. The van der Waals surface area contributed by atoms with Crippen LogP contribution in [0.2, 0.25) is 0 Å². The minimum Gasteiger partial charge on any atom is -0.366 e. The first-order valence-corrected chi connectivity index (χ1v) is 9.77. The fourth-order valence-corrected chi connectivity index (χ4v) is 4.25. The summed E-state index contributed by atoms with van der Waals surface area (Å²) in [5, 5.41) is 14.1. The molecule has 148 valence electrons. The van der Waals surface area contributed by atoms with Crippen LogP contribution < -0.4 is 5.32 Å². The van der Waals surface area contributed by atoms with Crippen molar-refractivity contribution in [2.75, 3.05) is 25.0 Å². The molecule has 2 aromatic rings. The highest BCUT2D eigenvalue weighted by molar-refractivity contribution is 5.44. The number of hydrogen-bond acceptors (Lipinski definition) is 5. The molecule has 0 atom stereocenters. The Bertz CT molecular complexity index is 760. The first kappa shape index (κ1) is 18.5. The number of hydrogen-bond donors (Lipinski definition) is 1. The van der Waals surface area contributed by atoms with Gasteiger partial charge in [0.2, 0.25) is 0 Å². The zero-order valence-corrected chi connectivity index (χ0v) is 15.3. The third kappa shape index (κ3) is 4.34. The molecule has 0 spiro atoms. The first-order valence-electron chi connectivity index (χ1n) is 9.77. The average Bonchev–Trinajstić information content (AvgIpc) is 3.08. The van der Waals surface area contributed by atoms with Crippen molar-refractivity contribution in [3.05, 3.63) is 18.0 Å². The van der Waals surface area contributed by atoms with Gasteiger partial charge in [-0.1, -0.05) is 19.3 Å². The number of nitrogens with one attached hydrogen (secondary N) is 1. The van der Waals surface area contributed by atoms with Crippen LogP contribution in [0.1, 0.15) is 50.8 Å². The van der Waals surface area contributed by atoms with E-state index < -0.39 is 12.0 Å². The summed E-state index contributed by atoms with van der Waals surface area (Å²) in [6, 6.07) is 3.40. The van der Waals surface area contributed by atoms with Crippen LogP contribution in [0.5, 0.6) is 0 Å². The summed E-state index contributed by atoms with van der Waals surface area (Å²) in [5.74, 6) is 0.170. The molecule has 1 saturated heterocycles. The smallest absolute Gasteiger partial charge is 0.366 e. The molecular weight excluding hydrogens is 357 g/mol. The molecule has 1 N–H and O–H groups in total. The average molecular weight is 382 g/mol. The molecule has 0 unspecified atom stereocenters. The van der Waals surface area contributed by atoms with Crippen LogP contribution in [-0.4, -0.2) is 50.4 Å². The number of alkyl halides is 3. The predicted octanol–water partition coefficient (Wildman–Crippen LogP) is 3.60. The van der Waals surface area contributed by atoms with Gasteiger partial charge in [-0.25, -0.2) is 0 Å². The second-order valence-electron chi connectivity index (χ2n) is 7.73. The Morgan fingerprint density at radius 2 is 1.74 bits per heavy atom. The highest BCUT2D eigenvalue weighted by Gasteiger charge is 2.37. The molecule has 27 heavy (non-hydrogen) atoms. The maximum absolute atomic E-state index is 13.0. The Balaban J connectivity index is 1.34. The van der Waals surface area contributed by atoms with Crippen molar-refractivity contribution in [3.8, 4) is 0 Å². The van der Waals surface area contributed by atoms with Gasteiger partial charge in [-0.2, -0.15) is 17.7 Å². The Labute approximate surface area is 156 Å². The van der Waals surface area contributed by atoms with E-state index in [0.29, 0.717) is 5.82 Å². The number of aromatic nitrogens is 4. The van der Waals surface area contributed by atoms with Crippen LogP contribution in [0.25, 0.3) is 5.65 Å². The van der Waals surface area contributed by atoms with Gasteiger partial charge in [-0.05, 0) is 43.7 Å². The zero-order chi connectivity index (χ0) is 18.9. The maximum atomic E-state index is 13.0. The lowest BCUT2D eigenvalue weighted by Gasteiger charge is -2.35. The summed E-state index contributed by atoms with van der Waals surface area (Å²) in [7, 11) is 0. The quantitative estimate of drug-likeness (QED) is 0.876. The molecular formula is C18H25F3N6. The lowest BCUT2D eigenvalue weighted by atomic mass is 9.88. The van der Waals surface area contributed by atoms with Gasteiger partial charge >= 0.3 is 6.18 Å². The van der Waals surface area contributed by atoms with E-state index in [-0.39, 0.29) is 11.7 Å². The predicted molar refractivity (Wildman–Crippen MR) is 95.4 cm³/mol. The number of nitrogens with zero attached hydrogens (tertiary/aromatic N) is 5. The second-order valence-corrected chi connectivity index (χ2v) is 7.73. The number of piperidine rings is 1. The van der Waals surface area contributed by atoms with E-state index in [1.54, 1.807) is 6.07 Å². The standard InChI is InChI=1S/C18H25F3N6/c19-18(20,21)17-24-23-16-7-6-15(25-27(16)17)22-14-8-10-26(11-9-14)12-13-4-2-1-3-5-13/h6-7,13-14H,1-5,8-12H2,(H,22,25). The molecule has 4 rings (SSSR count). The minimum atomic E-state index is -4.57. The Hall–Kier alpha value is -1.90. The summed E-state index contributed by atoms with van der Waals surface area (Å²) in [4.78, 5) is 2.53. The molecule has 3 heterocycles. The maximum Gasteiger partial charge on any atom is 0.453 e. The largest absolute Gasteiger partial charge is 0.453 e. The fraction of sp³-hybridized carbons (Fsp3) is 0.722. The van der Waals surface area contributed by atoms with Crippen LogP contribution in [0.15, 0.2) is 12.1 Å². The Morgan fingerprint density at radius 3 is 2.44 bits per heavy atom. The Kier molecular flexibility index (Phi) is 5.21. The summed E-state index contributed by atoms with van der Waals surface area (Å²) < 4.78 is 39.7. The molecule has 0 aromatic carbocycles. The van der Waals surface area contributed by atoms with Crippen LogP contribution in [-0.2, 0) is 6.18 Å². The highest BCUT2D eigenvalue weighted by atomic mass is 19.4. The molecule has 0 bridgehead atoms. The van der Waals surface area contributed by atoms with Gasteiger partial charge in [0.25, 0.3) is 5.82 Å². The van der Waals surface area contributed by atoms with Gasteiger partial charge in [-0.3, -0.25) is 0 Å². The van der Waals surface area contributed by atoms with E-state index in [9.17, 15) is 13.2 Å². The molecule has 0 radical (unpaired) electrons. The molecule has 1 aliphatic carbocycles. The van der Waals surface area contributed by atoms with Crippen molar-refractivity contribution in [2.24, 2.45) is 5.92 Å². The van der Waals surface area contributed by atoms with E-state index in [1.807, 2.05) is 0 Å². The molecule has 2 aliphatic rings.